The third kappa shape index (κ3) is 3.47. The molecular weight excluding hydrogens is 160 g/mol. The molecule has 0 aromatic heterocycles. The fraction of sp³-hybridized carbons (Fsp3) is 0.818. The van der Waals surface area contributed by atoms with Crippen LogP contribution < -0.4 is 0 Å². The molecule has 70 valence electrons. The van der Waals surface area contributed by atoms with E-state index in [0.29, 0.717) is 0 Å². The molecule has 1 rings (SSSR count). The molecule has 0 N–H and O–H groups in total. The molecular formula is C11H16N2. The van der Waals surface area contributed by atoms with Crippen LogP contribution >= 0.6 is 0 Å². The minimum atomic E-state index is 0.203. The molecule has 2 atom stereocenters. The van der Waals surface area contributed by atoms with Gasteiger partial charge < -0.3 is 0 Å². The second-order valence-electron chi connectivity index (χ2n) is 3.87. The summed E-state index contributed by atoms with van der Waals surface area (Å²) in [4.78, 5) is 0. The van der Waals surface area contributed by atoms with Crippen LogP contribution in [0.5, 0.6) is 0 Å². The van der Waals surface area contributed by atoms with Crippen LogP contribution in [0.2, 0.25) is 0 Å². The SMILES string of the molecule is N#CC1CCCCCC(C#N)CC1. The third-order valence-corrected chi connectivity index (χ3v) is 2.83. The van der Waals surface area contributed by atoms with Gasteiger partial charge in [-0.25, -0.2) is 0 Å². The van der Waals surface area contributed by atoms with Gasteiger partial charge >= 0.3 is 0 Å². The summed E-state index contributed by atoms with van der Waals surface area (Å²) < 4.78 is 0. The van der Waals surface area contributed by atoms with Crippen molar-refractivity contribution in [3.05, 3.63) is 0 Å². The lowest BCUT2D eigenvalue weighted by Gasteiger charge is -2.07. The van der Waals surface area contributed by atoms with E-state index in [2.05, 4.69) is 12.1 Å². The molecule has 1 saturated carbocycles. The Hall–Kier alpha value is -1.02. The normalized spacial score (nSPS) is 30.3. The Morgan fingerprint density at radius 1 is 0.692 bits per heavy atom. The summed E-state index contributed by atoms with van der Waals surface area (Å²) >= 11 is 0. The van der Waals surface area contributed by atoms with Gasteiger partial charge in [-0.05, 0) is 25.7 Å². The van der Waals surface area contributed by atoms with E-state index in [-0.39, 0.29) is 11.8 Å². The van der Waals surface area contributed by atoms with Gasteiger partial charge in [0.2, 0.25) is 0 Å². The first-order chi connectivity index (χ1) is 6.36. The van der Waals surface area contributed by atoms with E-state index in [1.807, 2.05) is 0 Å². The van der Waals surface area contributed by atoms with Crippen molar-refractivity contribution in [2.45, 2.75) is 44.9 Å². The van der Waals surface area contributed by atoms with E-state index in [1.165, 1.54) is 6.42 Å². The van der Waals surface area contributed by atoms with Crippen molar-refractivity contribution in [2.75, 3.05) is 0 Å². The average molecular weight is 176 g/mol. The summed E-state index contributed by atoms with van der Waals surface area (Å²) in [6.45, 7) is 0. The molecule has 0 aliphatic heterocycles. The lowest BCUT2D eigenvalue weighted by atomic mass is 9.94. The zero-order chi connectivity index (χ0) is 9.52. The Morgan fingerprint density at radius 2 is 1.15 bits per heavy atom. The van der Waals surface area contributed by atoms with Crippen LogP contribution in [0.4, 0.5) is 0 Å². The van der Waals surface area contributed by atoms with Crippen LogP contribution in [0.1, 0.15) is 44.9 Å². The average Bonchev–Trinajstić information content (AvgIpc) is 2.28. The molecule has 1 fully saturated rings. The molecule has 0 aromatic rings. The minimum Gasteiger partial charge on any atom is -0.198 e. The maximum Gasteiger partial charge on any atom is 0.0655 e. The van der Waals surface area contributed by atoms with Crippen molar-refractivity contribution in [1.82, 2.24) is 0 Å². The highest BCUT2D eigenvalue weighted by Crippen LogP contribution is 2.24. The Kier molecular flexibility index (Phi) is 4.33. The molecule has 0 radical (unpaired) electrons. The highest BCUT2D eigenvalue weighted by Gasteiger charge is 2.14. The van der Waals surface area contributed by atoms with Crippen LogP contribution in [0.15, 0.2) is 0 Å². The van der Waals surface area contributed by atoms with Crippen molar-refractivity contribution in [1.29, 1.82) is 10.5 Å². The Bertz CT molecular complexity index is 197. The monoisotopic (exact) mass is 176 g/mol. The second-order valence-corrected chi connectivity index (χ2v) is 3.87. The summed E-state index contributed by atoms with van der Waals surface area (Å²) in [5.41, 5.74) is 0. The quantitative estimate of drug-likeness (QED) is 0.569. The molecule has 1 aliphatic rings. The molecule has 0 spiro atoms. The van der Waals surface area contributed by atoms with Crippen molar-refractivity contribution in [3.8, 4) is 12.1 Å². The van der Waals surface area contributed by atoms with Gasteiger partial charge in [0.25, 0.3) is 0 Å². The van der Waals surface area contributed by atoms with E-state index < -0.39 is 0 Å². The maximum absolute atomic E-state index is 8.83. The lowest BCUT2D eigenvalue weighted by molar-refractivity contribution is 0.482. The number of rotatable bonds is 0. The van der Waals surface area contributed by atoms with Gasteiger partial charge in [-0.3, -0.25) is 0 Å². The van der Waals surface area contributed by atoms with Crippen molar-refractivity contribution in [3.63, 3.8) is 0 Å². The van der Waals surface area contributed by atoms with Crippen molar-refractivity contribution < 1.29 is 0 Å². The van der Waals surface area contributed by atoms with E-state index in [1.54, 1.807) is 0 Å². The lowest BCUT2D eigenvalue weighted by Crippen LogP contribution is -2.00. The second kappa shape index (κ2) is 5.60. The molecule has 0 saturated heterocycles. The predicted molar refractivity (Wildman–Crippen MR) is 50.5 cm³/mol. The van der Waals surface area contributed by atoms with Gasteiger partial charge in [-0.15, -0.1) is 0 Å². The van der Waals surface area contributed by atoms with E-state index in [0.717, 1.165) is 38.5 Å². The van der Waals surface area contributed by atoms with Crippen LogP contribution in [0, 0.1) is 34.5 Å². The van der Waals surface area contributed by atoms with Gasteiger partial charge in [0.15, 0.2) is 0 Å². The highest BCUT2D eigenvalue weighted by molar-refractivity contribution is 4.88. The Morgan fingerprint density at radius 3 is 1.54 bits per heavy atom. The first-order valence-corrected chi connectivity index (χ1v) is 5.16. The number of nitrogens with zero attached hydrogens (tertiary/aromatic N) is 2. The minimum absolute atomic E-state index is 0.203. The van der Waals surface area contributed by atoms with Gasteiger partial charge in [0, 0.05) is 11.8 Å². The van der Waals surface area contributed by atoms with Gasteiger partial charge in [-0.1, -0.05) is 19.3 Å². The van der Waals surface area contributed by atoms with Gasteiger partial charge in [0.1, 0.15) is 0 Å². The van der Waals surface area contributed by atoms with Crippen molar-refractivity contribution >= 4 is 0 Å². The first kappa shape index (κ1) is 10.1. The Labute approximate surface area is 80.2 Å². The van der Waals surface area contributed by atoms with Crippen LogP contribution in [0.3, 0.4) is 0 Å². The standard InChI is InChI=1S/C11H16N2/c12-8-10-4-2-1-3-5-11(9-13)7-6-10/h10-11H,1-7H2. The van der Waals surface area contributed by atoms with Gasteiger partial charge in [0.05, 0.1) is 12.1 Å². The van der Waals surface area contributed by atoms with Crippen LogP contribution in [-0.4, -0.2) is 0 Å². The van der Waals surface area contributed by atoms with Gasteiger partial charge in [-0.2, -0.15) is 10.5 Å². The summed E-state index contributed by atoms with van der Waals surface area (Å²) in [5.74, 6) is 0.405. The summed E-state index contributed by atoms with van der Waals surface area (Å²) in [5, 5.41) is 17.7. The molecule has 0 aromatic carbocycles. The van der Waals surface area contributed by atoms with E-state index >= 15 is 0 Å². The molecule has 13 heavy (non-hydrogen) atoms. The predicted octanol–water partition coefficient (Wildman–Crippen LogP) is 3.01. The molecule has 2 heteroatoms. The fourth-order valence-electron chi connectivity index (χ4n) is 1.91. The molecule has 1 aliphatic carbocycles. The number of hydrogen-bond acceptors (Lipinski definition) is 2. The summed E-state index contributed by atoms with van der Waals surface area (Å²) in [6, 6.07) is 4.67. The Balaban J connectivity index is 2.44. The first-order valence-electron chi connectivity index (χ1n) is 5.16. The number of nitriles is 2. The molecule has 0 heterocycles. The van der Waals surface area contributed by atoms with Crippen molar-refractivity contribution in [2.24, 2.45) is 11.8 Å². The largest absolute Gasteiger partial charge is 0.198 e. The molecule has 2 unspecified atom stereocenters. The summed E-state index contributed by atoms with van der Waals surface area (Å²) in [6.07, 6.45) is 7.44. The van der Waals surface area contributed by atoms with E-state index in [4.69, 9.17) is 10.5 Å². The van der Waals surface area contributed by atoms with E-state index in [9.17, 15) is 0 Å². The fourth-order valence-corrected chi connectivity index (χ4v) is 1.91. The smallest absolute Gasteiger partial charge is 0.0655 e. The molecule has 0 bridgehead atoms. The maximum atomic E-state index is 8.83. The van der Waals surface area contributed by atoms with Crippen LogP contribution in [0.25, 0.3) is 0 Å². The van der Waals surface area contributed by atoms with Crippen LogP contribution in [-0.2, 0) is 0 Å². The number of hydrogen-bond donors (Lipinski definition) is 0. The zero-order valence-corrected chi connectivity index (χ0v) is 8.00. The molecule has 0 amide bonds. The topological polar surface area (TPSA) is 47.6 Å². The molecule has 2 nitrogen and oxygen atoms in total. The summed E-state index contributed by atoms with van der Waals surface area (Å²) in [7, 11) is 0. The zero-order valence-electron chi connectivity index (χ0n) is 8.00. The third-order valence-electron chi connectivity index (χ3n) is 2.83. The highest BCUT2D eigenvalue weighted by atomic mass is 14.3.